The van der Waals surface area contributed by atoms with E-state index in [-0.39, 0.29) is 12.2 Å². The molecule has 1 aliphatic heterocycles. The van der Waals surface area contributed by atoms with Gasteiger partial charge in [-0.3, -0.25) is 4.79 Å². The molecule has 0 radical (unpaired) electrons. The molecule has 0 saturated heterocycles. The Bertz CT molecular complexity index is 912. The number of fused-ring (bicyclic) bond motifs is 2. The van der Waals surface area contributed by atoms with E-state index in [4.69, 9.17) is 18.6 Å². The summed E-state index contributed by atoms with van der Waals surface area (Å²) in [6, 6.07) is 11.0. The van der Waals surface area contributed by atoms with Crippen LogP contribution in [0.1, 0.15) is 0 Å². The van der Waals surface area contributed by atoms with Gasteiger partial charge in [0.05, 0.1) is 12.7 Å². The van der Waals surface area contributed by atoms with E-state index >= 15 is 0 Å². The van der Waals surface area contributed by atoms with Crippen LogP contribution in [0.25, 0.3) is 22.1 Å². The van der Waals surface area contributed by atoms with E-state index in [9.17, 15) is 4.79 Å². The van der Waals surface area contributed by atoms with Crippen LogP contribution in [0.3, 0.4) is 0 Å². The molecule has 5 nitrogen and oxygen atoms in total. The van der Waals surface area contributed by atoms with E-state index in [0.717, 1.165) is 5.56 Å². The molecule has 0 N–H and O–H groups in total. The zero-order chi connectivity index (χ0) is 15.1. The maximum Gasteiger partial charge on any atom is 0.231 e. The molecule has 0 spiro atoms. The lowest BCUT2D eigenvalue weighted by Crippen LogP contribution is -2.06. The molecule has 2 heterocycles. The predicted octanol–water partition coefficient (Wildman–Crippen LogP) is 3.20. The quantitative estimate of drug-likeness (QED) is 0.727. The third-order valence-corrected chi connectivity index (χ3v) is 3.65. The number of ether oxygens (including phenoxy) is 3. The second-order valence-electron chi connectivity index (χ2n) is 4.86. The summed E-state index contributed by atoms with van der Waals surface area (Å²) in [5, 5.41) is 0.355. The first kappa shape index (κ1) is 12.8. The molecule has 110 valence electrons. The van der Waals surface area contributed by atoms with Crippen LogP contribution >= 0.6 is 0 Å². The topological polar surface area (TPSA) is 57.9 Å². The fourth-order valence-electron chi connectivity index (χ4n) is 2.62. The molecule has 5 heteroatoms. The molecule has 0 unspecified atom stereocenters. The standard InChI is InChI=1S/C17H12O5/c1-19-17-14-12(7-13-16(17)22-9-21-13)20-8-11(15(14)18)10-5-3-2-4-6-10/h2-8H,9H2,1H3. The Morgan fingerprint density at radius 2 is 1.95 bits per heavy atom. The van der Waals surface area contributed by atoms with Crippen molar-refractivity contribution in [3.8, 4) is 28.4 Å². The molecule has 3 aromatic rings. The fourth-order valence-corrected chi connectivity index (χ4v) is 2.62. The number of methoxy groups -OCH3 is 1. The van der Waals surface area contributed by atoms with Crippen molar-refractivity contribution in [1.29, 1.82) is 0 Å². The van der Waals surface area contributed by atoms with Crippen LogP contribution in [0.4, 0.5) is 0 Å². The van der Waals surface area contributed by atoms with Gasteiger partial charge in [-0.2, -0.15) is 0 Å². The Kier molecular flexibility index (Phi) is 2.79. The molecule has 0 aliphatic carbocycles. The zero-order valence-corrected chi connectivity index (χ0v) is 11.8. The van der Waals surface area contributed by atoms with Gasteiger partial charge in [0.15, 0.2) is 11.5 Å². The summed E-state index contributed by atoms with van der Waals surface area (Å²) in [6.07, 6.45) is 1.46. The normalized spacial score (nSPS) is 12.6. The van der Waals surface area contributed by atoms with Crippen LogP contribution in [-0.2, 0) is 0 Å². The Balaban J connectivity index is 2.07. The first-order chi connectivity index (χ1) is 10.8. The van der Waals surface area contributed by atoms with Crippen molar-refractivity contribution in [2.75, 3.05) is 13.9 Å². The summed E-state index contributed by atoms with van der Waals surface area (Å²) < 4.78 is 21.7. The highest BCUT2D eigenvalue weighted by Crippen LogP contribution is 2.45. The molecule has 0 bridgehead atoms. The molecular weight excluding hydrogens is 284 g/mol. The number of rotatable bonds is 2. The van der Waals surface area contributed by atoms with Crippen LogP contribution in [0, 0.1) is 0 Å². The Labute approximate surface area is 125 Å². The van der Waals surface area contributed by atoms with Gasteiger partial charge >= 0.3 is 0 Å². The van der Waals surface area contributed by atoms with Crippen molar-refractivity contribution in [3.05, 3.63) is 52.9 Å². The minimum atomic E-state index is -0.164. The molecule has 0 amide bonds. The number of hydrogen-bond donors (Lipinski definition) is 0. The molecule has 0 saturated carbocycles. The summed E-state index contributed by atoms with van der Waals surface area (Å²) in [6.45, 7) is 0.0990. The Morgan fingerprint density at radius 3 is 2.73 bits per heavy atom. The first-order valence-electron chi connectivity index (χ1n) is 6.77. The Hall–Kier alpha value is -2.95. The summed E-state index contributed by atoms with van der Waals surface area (Å²) in [5.41, 5.74) is 1.51. The van der Waals surface area contributed by atoms with Crippen LogP contribution in [0.15, 0.2) is 51.9 Å². The molecule has 2 aromatic carbocycles. The zero-order valence-electron chi connectivity index (χ0n) is 11.8. The lowest BCUT2D eigenvalue weighted by molar-refractivity contribution is 0.171. The second-order valence-corrected chi connectivity index (χ2v) is 4.86. The van der Waals surface area contributed by atoms with Gasteiger partial charge in [0.25, 0.3) is 0 Å². The summed E-state index contributed by atoms with van der Waals surface area (Å²) in [4.78, 5) is 12.9. The summed E-state index contributed by atoms with van der Waals surface area (Å²) >= 11 is 0. The summed E-state index contributed by atoms with van der Waals surface area (Å²) in [7, 11) is 1.49. The van der Waals surface area contributed by atoms with E-state index in [0.29, 0.717) is 33.8 Å². The highest BCUT2D eigenvalue weighted by Gasteiger charge is 2.25. The van der Waals surface area contributed by atoms with Crippen LogP contribution < -0.4 is 19.6 Å². The average molecular weight is 296 g/mol. The van der Waals surface area contributed by atoms with Gasteiger partial charge in [0.1, 0.15) is 17.2 Å². The van der Waals surface area contributed by atoms with Gasteiger partial charge in [-0.05, 0) is 5.56 Å². The molecule has 1 aliphatic rings. The lowest BCUT2D eigenvalue weighted by atomic mass is 10.0. The van der Waals surface area contributed by atoms with Crippen LogP contribution in [-0.4, -0.2) is 13.9 Å². The Morgan fingerprint density at radius 1 is 1.14 bits per heavy atom. The van der Waals surface area contributed by atoms with Crippen molar-refractivity contribution in [1.82, 2.24) is 0 Å². The maximum atomic E-state index is 12.9. The lowest BCUT2D eigenvalue weighted by Gasteiger charge is -2.09. The number of benzene rings is 2. The molecule has 4 rings (SSSR count). The van der Waals surface area contributed by atoms with Crippen molar-refractivity contribution in [3.63, 3.8) is 0 Å². The number of hydrogen-bond acceptors (Lipinski definition) is 5. The van der Waals surface area contributed by atoms with E-state index in [1.54, 1.807) is 6.07 Å². The monoisotopic (exact) mass is 296 g/mol. The van der Waals surface area contributed by atoms with Crippen molar-refractivity contribution in [2.24, 2.45) is 0 Å². The van der Waals surface area contributed by atoms with Crippen LogP contribution in [0.5, 0.6) is 17.2 Å². The van der Waals surface area contributed by atoms with Gasteiger partial charge in [0.2, 0.25) is 18.0 Å². The minimum absolute atomic E-state index is 0.0990. The second kappa shape index (κ2) is 4.80. The molecule has 0 fully saturated rings. The molecule has 0 atom stereocenters. The van der Waals surface area contributed by atoms with Crippen molar-refractivity contribution < 1.29 is 18.6 Å². The smallest absolute Gasteiger partial charge is 0.231 e. The van der Waals surface area contributed by atoms with Crippen LogP contribution in [0.2, 0.25) is 0 Å². The van der Waals surface area contributed by atoms with Crippen molar-refractivity contribution in [2.45, 2.75) is 0 Å². The predicted molar refractivity (Wildman–Crippen MR) is 80.6 cm³/mol. The van der Waals surface area contributed by atoms with Gasteiger partial charge in [0, 0.05) is 6.07 Å². The van der Waals surface area contributed by atoms with E-state index < -0.39 is 0 Å². The van der Waals surface area contributed by atoms with E-state index in [1.165, 1.54) is 13.4 Å². The van der Waals surface area contributed by atoms with E-state index in [2.05, 4.69) is 0 Å². The van der Waals surface area contributed by atoms with E-state index in [1.807, 2.05) is 30.3 Å². The maximum absolute atomic E-state index is 12.9. The molecule has 22 heavy (non-hydrogen) atoms. The molecular formula is C17H12O5. The average Bonchev–Trinajstić information content (AvgIpc) is 3.02. The first-order valence-corrected chi connectivity index (χ1v) is 6.77. The van der Waals surface area contributed by atoms with Gasteiger partial charge < -0.3 is 18.6 Å². The molecule has 1 aromatic heterocycles. The SMILES string of the molecule is COc1c2c(cc3occ(-c4ccccc4)c(=O)c13)OCO2. The third kappa shape index (κ3) is 1.75. The largest absolute Gasteiger partial charge is 0.492 e. The highest BCUT2D eigenvalue weighted by atomic mass is 16.7. The van der Waals surface area contributed by atoms with Gasteiger partial charge in [-0.25, -0.2) is 0 Å². The van der Waals surface area contributed by atoms with Gasteiger partial charge in [-0.1, -0.05) is 30.3 Å². The fraction of sp³-hybridized carbons (Fsp3) is 0.118. The van der Waals surface area contributed by atoms with Crippen molar-refractivity contribution >= 4 is 11.0 Å². The third-order valence-electron chi connectivity index (χ3n) is 3.65. The minimum Gasteiger partial charge on any atom is -0.492 e. The summed E-state index contributed by atoms with van der Waals surface area (Å²) in [5.74, 6) is 1.30. The highest BCUT2D eigenvalue weighted by molar-refractivity contribution is 5.91. The van der Waals surface area contributed by atoms with Gasteiger partial charge in [-0.15, -0.1) is 0 Å².